The van der Waals surface area contributed by atoms with Crippen molar-refractivity contribution in [1.29, 1.82) is 0 Å². The maximum atomic E-state index is 10.8. The molecule has 0 radical (unpaired) electrons. The molecule has 1 aliphatic rings. The Labute approximate surface area is 91.5 Å². The van der Waals surface area contributed by atoms with Gasteiger partial charge in [-0.2, -0.15) is 0 Å². The van der Waals surface area contributed by atoms with Crippen LogP contribution in [0.25, 0.3) is 0 Å². The van der Waals surface area contributed by atoms with E-state index in [1.54, 1.807) is 0 Å². The van der Waals surface area contributed by atoms with Gasteiger partial charge < -0.3 is 4.74 Å². The van der Waals surface area contributed by atoms with E-state index >= 15 is 0 Å². The fourth-order valence-electron chi connectivity index (χ4n) is 1.93. The number of nitrogens with two attached hydrogens (primary N) is 1. The minimum atomic E-state index is -0.161. The first-order valence-corrected chi connectivity index (χ1v) is 5.64. The van der Waals surface area contributed by atoms with Crippen LogP contribution in [0, 0.1) is 5.41 Å². The molecule has 0 saturated heterocycles. The van der Waals surface area contributed by atoms with Gasteiger partial charge >= 0.3 is 0 Å². The van der Waals surface area contributed by atoms with Crippen LogP contribution in [0.4, 0.5) is 0 Å². The average Bonchev–Trinajstić information content (AvgIpc) is 2.20. The van der Waals surface area contributed by atoms with Crippen molar-refractivity contribution >= 4 is 5.91 Å². The standard InChI is InChI=1S/C11H22N2O2/c1-11(2)6-3-9(4-7-11)15-8-5-10(14)13-12/h9H,3-8,12H2,1-2H3,(H,13,14). The first-order chi connectivity index (χ1) is 7.03. The molecule has 88 valence electrons. The highest BCUT2D eigenvalue weighted by atomic mass is 16.5. The number of hydrogen-bond donors (Lipinski definition) is 2. The summed E-state index contributed by atoms with van der Waals surface area (Å²) in [6, 6.07) is 0. The molecule has 1 amide bonds. The molecule has 1 saturated carbocycles. The van der Waals surface area contributed by atoms with Gasteiger partial charge in [-0.1, -0.05) is 13.8 Å². The minimum absolute atomic E-state index is 0.161. The van der Waals surface area contributed by atoms with Gasteiger partial charge in [0.1, 0.15) is 0 Å². The topological polar surface area (TPSA) is 64.3 Å². The summed E-state index contributed by atoms with van der Waals surface area (Å²) in [6.07, 6.45) is 5.33. The Bertz CT molecular complexity index is 207. The van der Waals surface area contributed by atoms with Gasteiger partial charge in [-0.3, -0.25) is 10.2 Å². The first kappa shape index (κ1) is 12.5. The second-order valence-corrected chi connectivity index (χ2v) is 5.05. The van der Waals surface area contributed by atoms with Gasteiger partial charge in [0, 0.05) is 0 Å². The molecule has 0 aliphatic heterocycles. The molecular formula is C11H22N2O2. The third kappa shape index (κ3) is 4.62. The van der Waals surface area contributed by atoms with Gasteiger partial charge in [0.2, 0.25) is 5.91 Å². The first-order valence-electron chi connectivity index (χ1n) is 5.64. The zero-order chi connectivity index (χ0) is 11.3. The predicted octanol–water partition coefficient (Wildman–Crippen LogP) is 1.35. The van der Waals surface area contributed by atoms with Crippen molar-refractivity contribution in [1.82, 2.24) is 5.43 Å². The summed E-state index contributed by atoms with van der Waals surface area (Å²) < 4.78 is 5.63. The maximum Gasteiger partial charge on any atom is 0.236 e. The fourth-order valence-corrected chi connectivity index (χ4v) is 1.93. The van der Waals surface area contributed by atoms with Crippen LogP contribution in [-0.2, 0) is 9.53 Å². The molecule has 1 fully saturated rings. The smallest absolute Gasteiger partial charge is 0.236 e. The molecule has 3 N–H and O–H groups in total. The zero-order valence-electron chi connectivity index (χ0n) is 9.71. The Balaban J connectivity index is 2.11. The van der Waals surface area contributed by atoms with E-state index in [1.807, 2.05) is 0 Å². The monoisotopic (exact) mass is 214 g/mol. The van der Waals surface area contributed by atoms with Crippen LogP contribution >= 0.6 is 0 Å². The Hall–Kier alpha value is -0.610. The minimum Gasteiger partial charge on any atom is -0.378 e. The summed E-state index contributed by atoms with van der Waals surface area (Å²) in [5, 5.41) is 0. The summed E-state index contributed by atoms with van der Waals surface area (Å²) in [6.45, 7) is 5.07. The maximum absolute atomic E-state index is 10.8. The van der Waals surface area contributed by atoms with Crippen LogP contribution in [-0.4, -0.2) is 18.6 Å². The number of hydrogen-bond acceptors (Lipinski definition) is 3. The van der Waals surface area contributed by atoms with Crippen molar-refractivity contribution in [2.45, 2.75) is 52.1 Å². The average molecular weight is 214 g/mol. The van der Waals surface area contributed by atoms with Crippen molar-refractivity contribution < 1.29 is 9.53 Å². The van der Waals surface area contributed by atoms with Crippen LogP contribution in [0.1, 0.15) is 46.0 Å². The predicted molar refractivity (Wildman–Crippen MR) is 58.9 cm³/mol. The molecule has 1 aliphatic carbocycles. The van der Waals surface area contributed by atoms with E-state index in [1.165, 1.54) is 12.8 Å². The number of ether oxygens (including phenoxy) is 1. The highest BCUT2D eigenvalue weighted by Crippen LogP contribution is 2.36. The lowest BCUT2D eigenvalue weighted by Crippen LogP contribution is -2.32. The van der Waals surface area contributed by atoms with E-state index in [0.717, 1.165) is 12.8 Å². The zero-order valence-corrected chi connectivity index (χ0v) is 9.71. The molecule has 0 aromatic rings. The van der Waals surface area contributed by atoms with Crippen molar-refractivity contribution in [2.24, 2.45) is 11.3 Å². The summed E-state index contributed by atoms with van der Waals surface area (Å²) in [7, 11) is 0. The van der Waals surface area contributed by atoms with Crippen LogP contribution < -0.4 is 11.3 Å². The highest BCUT2D eigenvalue weighted by Gasteiger charge is 2.26. The Morgan fingerprint density at radius 1 is 1.47 bits per heavy atom. The van der Waals surface area contributed by atoms with Crippen molar-refractivity contribution in [3.8, 4) is 0 Å². The van der Waals surface area contributed by atoms with Crippen LogP contribution in [0.5, 0.6) is 0 Å². The fraction of sp³-hybridized carbons (Fsp3) is 0.909. The van der Waals surface area contributed by atoms with E-state index in [-0.39, 0.29) is 5.91 Å². The van der Waals surface area contributed by atoms with Crippen LogP contribution in [0.15, 0.2) is 0 Å². The van der Waals surface area contributed by atoms with Crippen molar-refractivity contribution in [3.05, 3.63) is 0 Å². The van der Waals surface area contributed by atoms with Crippen LogP contribution in [0.2, 0.25) is 0 Å². The number of nitrogens with one attached hydrogen (secondary N) is 1. The third-order valence-electron chi connectivity index (χ3n) is 3.13. The SMILES string of the molecule is CC1(C)CCC(OCCC(=O)NN)CC1. The lowest BCUT2D eigenvalue weighted by molar-refractivity contribution is -0.123. The summed E-state index contributed by atoms with van der Waals surface area (Å²) >= 11 is 0. The van der Waals surface area contributed by atoms with Crippen molar-refractivity contribution in [2.75, 3.05) is 6.61 Å². The third-order valence-corrected chi connectivity index (χ3v) is 3.13. The Kier molecular flexibility index (Phi) is 4.54. The summed E-state index contributed by atoms with van der Waals surface area (Å²) in [5.74, 6) is 4.81. The van der Waals surface area contributed by atoms with Gasteiger partial charge in [0.15, 0.2) is 0 Å². The number of carbonyl (C=O) groups excluding carboxylic acids is 1. The second kappa shape index (κ2) is 5.47. The number of hydrazine groups is 1. The van der Waals surface area contributed by atoms with Gasteiger partial charge in [-0.25, -0.2) is 5.84 Å². The normalized spacial score (nSPS) is 21.3. The lowest BCUT2D eigenvalue weighted by atomic mass is 9.76. The number of carbonyl (C=O) groups is 1. The molecule has 15 heavy (non-hydrogen) atoms. The van der Waals surface area contributed by atoms with Crippen LogP contribution in [0.3, 0.4) is 0 Å². The molecule has 4 heteroatoms. The Morgan fingerprint density at radius 3 is 2.60 bits per heavy atom. The molecule has 1 rings (SSSR count). The van der Waals surface area contributed by atoms with Gasteiger partial charge in [0.05, 0.1) is 19.1 Å². The molecule has 0 aromatic heterocycles. The molecule has 4 nitrogen and oxygen atoms in total. The Morgan fingerprint density at radius 2 is 2.07 bits per heavy atom. The quantitative estimate of drug-likeness (QED) is 0.422. The molecule has 0 aromatic carbocycles. The second-order valence-electron chi connectivity index (χ2n) is 5.05. The van der Waals surface area contributed by atoms with E-state index < -0.39 is 0 Å². The molecule has 0 bridgehead atoms. The molecule has 0 spiro atoms. The van der Waals surface area contributed by atoms with Gasteiger partial charge in [0.25, 0.3) is 0 Å². The van der Waals surface area contributed by atoms with E-state index in [9.17, 15) is 4.79 Å². The summed E-state index contributed by atoms with van der Waals surface area (Å²) in [4.78, 5) is 10.8. The van der Waals surface area contributed by atoms with E-state index in [0.29, 0.717) is 24.5 Å². The molecule has 0 heterocycles. The lowest BCUT2D eigenvalue weighted by Gasteiger charge is -2.34. The molecule has 0 atom stereocenters. The van der Waals surface area contributed by atoms with Gasteiger partial charge in [-0.05, 0) is 31.1 Å². The van der Waals surface area contributed by atoms with Gasteiger partial charge in [-0.15, -0.1) is 0 Å². The largest absolute Gasteiger partial charge is 0.378 e. The number of rotatable bonds is 4. The van der Waals surface area contributed by atoms with E-state index in [4.69, 9.17) is 10.6 Å². The molecular weight excluding hydrogens is 192 g/mol. The highest BCUT2D eigenvalue weighted by molar-refractivity contribution is 5.75. The van der Waals surface area contributed by atoms with E-state index in [2.05, 4.69) is 19.3 Å². The summed E-state index contributed by atoms with van der Waals surface area (Å²) in [5.41, 5.74) is 2.56. The van der Waals surface area contributed by atoms with Crippen molar-refractivity contribution in [3.63, 3.8) is 0 Å². The molecule has 0 unspecified atom stereocenters. The number of amides is 1.